The van der Waals surface area contributed by atoms with Crippen LogP contribution in [0.4, 0.5) is 16.0 Å². The summed E-state index contributed by atoms with van der Waals surface area (Å²) in [6, 6.07) is 7.30. The molecule has 0 radical (unpaired) electrons. The molecule has 0 saturated heterocycles. The number of phenols is 2. The average Bonchev–Trinajstić information content (AvgIpc) is 3.62. The van der Waals surface area contributed by atoms with Crippen LogP contribution in [0.2, 0.25) is 20.1 Å². The second-order valence-corrected chi connectivity index (χ2v) is 12.8. The summed E-state index contributed by atoms with van der Waals surface area (Å²) in [7, 11) is -3.04. The molecule has 26 heteroatoms. The molecule has 248 valence electrons. The molecule has 5 N–H and O–H groups in total. The number of thioether (sulfide) groups is 2. The molecule has 0 aliphatic heterocycles. The minimum atomic E-state index is -3.04. The number of azo groups is 1. The van der Waals surface area contributed by atoms with Crippen molar-refractivity contribution in [2.45, 2.75) is 24.2 Å². The van der Waals surface area contributed by atoms with Gasteiger partial charge in [0.15, 0.2) is 0 Å². The standard InChI is InChI=1S/C10H8Cl2N4OS2.C6H4Cl2O.C4H7N3S2.HNO2.Na.HO4P.H2/c1-2-18-10-13-9(19-16-10)15-14-7-3-6(12)8(17)4-5(7)11;7-4-1-2-5(8)6(9)3-4;1-2-8-4-6-3(5)9-7-4;2-1-3;;1-4-5(2)3;/h3-4,17H,2H2,1H3;1-3,9H;2H2,1H3,(H2,5,6,7);(H,2,3);;1H;1H/q;;;;+1;;/p-1. The summed E-state index contributed by atoms with van der Waals surface area (Å²) in [6.45, 7) is 4.08. The van der Waals surface area contributed by atoms with E-state index in [1.807, 2.05) is 6.92 Å². The van der Waals surface area contributed by atoms with E-state index in [1.54, 1.807) is 23.9 Å². The smallest absolute Gasteiger partial charge is 0.565 e. The third kappa shape index (κ3) is 21.6. The molecule has 2 heterocycles. The Bertz CT molecular complexity index is 1520. The Balaban J connectivity index is -0.000000585. The van der Waals surface area contributed by atoms with Crippen molar-refractivity contribution in [3.63, 3.8) is 0 Å². The third-order valence-electron chi connectivity index (χ3n) is 3.60. The van der Waals surface area contributed by atoms with Crippen LogP contribution in [0.25, 0.3) is 0 Å². The second kappa shape index (κ2) is 27.7. The molecule has 46 heavy (non-hydrogen) atoms. The van der Waals surface area contributed by atoms with E-state index in [4.69, 9.17) is 82.1 Å². The van der Waals surface area contributed by atoms with Crippen molar-refractivity contribution in [1.29, 1.82) is 0 Å². The maximum absolute atomic E-state index is 9.36. The molecule has 4 aromatic rings. The summed E-state index contributed by atoms with van der Waals surface area (Å²) >= 11 is 28.2. The third-order valence-corrected chi connectivity index (χ3v) is 7.73. The quantitative estimate of drug-likeness (QED) is 0.0316. The van der Waals surface area contributed by atoms with E-state index in [0.29, 0.717) is 31.2 Å². The van der Waals surface area contributed by atoms with Crippen molar-refractivity contribution < 1.29 is 60.6 Å². The molecule has 0 amide bonds. The average molecular weight is 826 g/mol. The van der Waals surface area contributed by atoms with E-state index < -0.39 is 8.25 Å². The van der Waals surface area contributed by atoms with Crippen LogP contribution in [-0.2, 0) is 9.24 Å². The predicted octanol–water partition coefficient (Wildman–Crippen LogP) is 6.00. The maximum atomic E-state index is 9.36. The number of hydrogen-bond acceptors (Lipinski definition) is 20. The van der Waals surface area contributed by atoms with Crippen LogP contribution in [0.3, 0.4) is 0 Å². The number of hydrogen-bond donors (Lipinski definition) is 4. The van der Waals surface area contributed by atoms with E-state index in [2.05, 4.69) is 40.5 Å². The predicted molar refractivity (Wildman–Crippen MR) is 180 cm³/mol. The molecule has 0 fully saturated rings. The molecular formula is C20H22Cl4N8NaO8PS4. The minimum Gasteiger partial charge on any atom is -0.565 e. The van der Waals surface area contributed by atoms with Gasteiger partial charge in [-0.25, -0.2) is 5.26 Å². The van der Waals surface area contributed by atoms with Crippen molar-refractivity contribution in [2.24, 2.45) is 15.6 Å². The molecule has 0 spiro atoms. The maximum Gasteiger partial charge on any atom is 1.00 e. The zero-order chi connectivity index (χ0) is 34.4. The fourth-order valence-corrected chi connectivity index (χ4v) is 5.00. The largest absolute Gasteiger partial charge is 1.00 e. The van der Waals surface area contributed by atoms with E-state index >= 15 is 0 Å². The monoisotopic (exact) mass is 824 g/mol. The number of aromatic nitrogens is 4. The van der Waals surface area contributed by atoms with Gasteiger partial charge in [-0.05, 0) is 34.3 Å². The Morgan fingerprint density at radius 1 is 0.957 bits per heavy atom. The first-order valence-corrected chi connectivity index (χ1v) is 17.3. The van der Waals surface area contributed by atoms with Crippen LogP contribution in [0.15, 0.2) is 56.2 Å². The minimum absolute atomic E-state index is 0. The van der Waals surface area contributed by atoms with E-state index in [1.165, 1.54) is 41.5 Å². The van der Waals surface area contributed by atoms with Crippen LogP contribution < -0.4 is 40.2 Å². The number of nitrogen functional groups attached to an aromatic ring is 1. The van der Waals surface area contributed by atoms with Gasteiger partial charge in [0, 0.05) is 46.3 Å². The number of halogens is 4. The van der Waals surface area contributed by atoms with Crippen molar-refractivity contribution in [1.82, 2.24) is 18.7 Å². The molecule has 16 nitrogen and oxygen atoms in total. The van der Waals surface area contributed by atoms with Gasteiger partial charge < -0.3 is 31.0 Å². The summed E-state index contributed by atoms with van der Waals surface area (Å²) in [5.74, 6) is 1.82. The van der Waals surface area contributed by atoms with Gasteiger partial charge in [0.25, 0.3) is 0 Å². The molecule has 4 rings (SSSR count). The summed E-state index contributed by atoms with van der Waals surface area (Å²) in [5, 5.41) is 45.9. The summed E-state index contributed by atoms with van der Waals surface area (Å²) in [5.41, 5.74) is 5.71. The van der Waals surface area contributed by atoms with Gasteiger partial charge in [0.05, 0.1) is 15.1 Å². The van der Waals surface area contributed by atoms with E-state index in [0.717, 1.165) is 33.5 Å². The molecule has 1 unspecified atom stereocenters. The van der Waals surface area contributed by atoms with Crippen LogP contribution in [-0.4, -0.2) is 45.7 Å². The van der Waals surface area contributed by atoms with E-state index in [-0.39, 0.29) is 52.5 Å². The van der Waals surface area contributed by atoms with Gasteiger partial charge in [-0.2, -0.15) is 18.7 Å². The summed E-state index contributed by atoms with van der Waals surface area (Å²) < 4.78 is 19.7. The molecule has 0 bridgehead atoms. The van der Waals surface area contributed by atoms with Gasteiger partial charge >= 0.3 is 37.8 Å². The van der Waals surface area contributed by atoms with Crippen LogP contribution in [0.1, 0.15) is 15.3 Å². The Morgan fingerprint density at radius 3 is 1.93 bits per heavy atom. The van der Waals surface area contributed by atoms with Crippen LogP contribution in [0, 0.1) is 10.1 Å². The number of rotatable bonds is 7. The first-order valence-electron chi connectivity index (χ1n) is 11.1. The van der Waals surface area contributed by atoms with Gasteiger partial charge in [0.2, 0.25) is 20.6 Å². The Kier molecular flexibility index (Phi) is 28.3. The van der Waals surface area contributed by atoms with Gasteiger partial charge in [-0.15, -0.1) is 15.6 Å². The summed E-state index contributed by atoms with van der Waals surface area (Å²) in [4.78, 5) is 25.1. The Hall–Kier alpha value is -1.20. The molecule has 0 aliphatic carbocycles. The SMILES string of the molecule is CCSc1nsc(N)n1.CCSc1nsc(N=Nc2cc(Cl)c(O)cc2Cl)n1.O=N[O-].O=[P+]([O-])OO.Oc1cc(Cl)ccc1Cl.[HH].[Na+]. The molecular weight excluding hydrogens is 804 g/mol. The Labute approximate surface area is 322 Å². The molecule has 0 aliphatic rings. The molecule has 2 aromatic carbocycles. The number of nitrogens with two attached hydrogens (primary N) is 1. The number of aromatic hydroxyl groups is 2. The zero-order valence-corrected chi connectivity index (χ0v) is 32.7. The summed E-state index contributed by atoms with van der Waals surface area (Å²) in [6.07, 6.45) is 0. The van der Waals surface area contributed by atoms with Crippen molar-refractivity contribution >= 4 is 117 Å². The molecule has 1 atom stereocenters. The van der Waals surface area contributed by atoms with Gasteiger partial charge in [-0.3, -0.25) is 0 Å². The zero-order valence-electron chi connectivity index (χ0n) is 23.5. The normalized spacial score (nSPS) is 9.96. The number of phenolic OH excluding ortho intramolecular Hbond substituents is 2. The van der Waals surface area contributed by atoms with Crippen molar-refractivity contribution in [3.8, 4) is 11.5 Å². The molecule has 0 saturated carbocycles. The second-order valence-electron chi connectivity index (χ2n) is 6.57. The van der Waals surface area contributed by atoms with Crippen LogP contribution in [0.5, 0.6) is 11.5 Å². The first kappa shape index (κ1) is 46.9. The van der Waals surface area contributed by atoms with Crippen molar-refractivity contribution in [3.05, 3.63) is 60.5 Å². The first-order chi connectivity index (χ1) is 21.3. The molecule has 2 aromatic heterocycles. The van der Waals surface area contributed by atoms with Gasteiger partial charge in [-0.1, -0.05) is 83.8 Å². The van der Waals surface area contributed by atoms with E-state index in [9.17, 15) is 5.11 Å². The fraction of sp³-hybridized carbons (Fsp3) is 0.200. The van der Waals surface area contributed by atoms with Gasteiger partial charge in [0.1, 0.15) is 17.2 Å². The van der Waals surface area contributed by atoms with Crippen molar-refractivity contribution in [2.75, 3.05) is 17.2 Å². The Morgan fingerprint density at radius 2 is 1.48 bits per heavy atom. The van der Waals surface area contributed by atoms with Crippen LogP contribution >= 0.6 is 101 Å². The number of benzene rings is 2. The topological polar surface area (TPSA) is 265 Å². The fourth-order valence-electron chi connectivity index (χ4n) is 2.02. The number of anilines is 1. The number of nitrogens with zero attached hydrogens (tertiary/aromatic N) is 7.